The molecule has 0 saturated carbocycles. The van der Waals surface area contributed by atoms with Gasteiger partial charge in [-0.1, -0.05) is 15.6 Å². The van der Waals surface area contributed by atoms with Crippen molar-refractivity contribution >= 4 is 107 Å². The van der Waals surface area contributed by atoms with Crippen LogP contribution in [0.1, 0.15) is 16.2 Å². The smallest absolute Gasteiger partial charge is 0.257 e. The molecule has 4 aromatic rings. The molecule has 0 bridgehead atoms. The average molecular weight is 546 g/mol. The fourth-order valence-electron chi connectivity index (χ4n) is 7.02. The zero-order chi connectivity index (χ0) is 31.0. The summed E-state index contributed by atoms with van der Waals surface area (Å²) in [6.07, 6.45) is 7.09. The Morgan fingerprint density at radius 3 is 2.02 bits per heavy atom. The van der Waals surface area contributed by atoms with Gasteiger partial charge in [0.05, 0.1) is 70.7 Å². The van der Waals surface area contributed by atoms with Crippen LogP contribution in [0, 0.1) is 6.92 Å². The van der Waals surface area contributed by atoms with Gasteiger partial charge in [0.2, 0.25) is 0 Å². The van der Waals surface area contributed by atoms with E-state index in [1.165, 1.54) is 0 Å². The Hall–Kier alpha value is -3.16. The van der Waals surface area contributed by atoms with Crippen LogP contribution in [0.5, 0.6) is 0 Å². The molecule has 0 unspecified atom stereocenters. The van der Waals surface area contributed by atoms with E-state index in [1.807, 2.05) is 49.1 Å². The topological polar surface area (TPSA) is 88.8 Å². The molecule has 0 aliphatic carbocycles. The molecule has 5 rings (SSSR count). The molecular weight excluding hydrogens is 510 g/mol. The van der Waals surface area contributed by atoms with Crippen molar-refractivity contribution in [2.24, 2.45) is 7.05 Å². The number of nitrogens with zero attached hydrogens (tertiary/aromatic N) is 6. The monoisotopic (exact) mass is 547 g/mol. The maximum atomic E-state index is 13.6. The van der Waals surface area contributed by atoms with Crippen LogP contribution in [0.25, 0.3) is 22.2 Å². The quantitative estimate of drug-likeness (QED) is 0.257. The fourth-order valence-corrected chi connectivity index (χ4v) is 7.02. The van der Waals surface area contributed by atoms with Crippen LogP contribution >= 0.6 is 0 Å². The van der Waals surface area contributed by atoms with Gasteiger partial charge in [0, 0.05) is 36.0 Å². The number of anilines is 2. The van der Waals surface area contributed by atoms with Crippen molar-refractivity contribution in [1.29, 1.82) is 0 Å². The number of aromatic nitrogens is 5. The summed E-state index contributed by atoms with van der Waals surface area (Å²) in [7, 11) is 25.4. The van der Waals surface area contributed by atoms with Crippen molar-refractivity contribution in [1.82, 2.24) is 24.5 Å². The summed E-state index contributed by atoms with van der Waals surface area (Å²) >= 11 is 0. The molecular formula is C24H35B10N7O. The molecule has 0 radical (unpaired) electrons. The van der Waals surface area contributed by atoms with Crippen LogP contribution < -0.4 is 10.2 Å². The standard InChI is InChI=1S/C24H35B10N7O/c1-11-36-10-16(40(11)2)14-5-13-6-17(38-9-15(13)37-8-14)39-19(42)12-3-4-35-18(7-12)41-23(31,32)21(27,28)20(25,26)22(29,30)24(41,33)34/h3-10H,25-34H2,1-2H3,(H,38,39,42). The molecule has 1 saturated heterocycles. The van der Waals surface area contributed by atoms with Gasteiger partial charge in [-0.15, -0.1) is 0 Å². The first-order chi connectivity index (χ1) is 19.3. The van der Waals surface area contributed by atoms with E-state index in [-0.39, 0.29) is 32.2 Å². The zero-order valence-electron chi connectivity index (χ0n) is 27.2. The molecule has 202 valence electrons. The Labute approximate surface area is 257 Å². The van der Waals surface area contributed by atoms with Gasteiger partial charge < -0.3 is 14.8 Å². The minimum atomic E-state index is -0.255. The molecule has 42 heavy (non-hydrogen) atoms. The van der Waals surface area contributed by atoms with Crippen molar-refractivity contribution in [3.8, 4) is 11.3 Å². The number of hydrogen-bond acceptors (Lipinski definition) is 6. The maximum absolute atomic E-state index is 13.6. The van der Waals surface area contributed by atoms with Crippen molar-refractivity contribution in [2.45, 2.75) is 33.2 Å². The van der Waals surface area contributed by atoms with Gasteiger partial charge in [-0.25, -0.2) is 15.0 Å². The lowest BCUT2D eigenvalue weighted by molar-refractivity contribution is 0.102. The normalized spacial score (nSPS) is 19.7. The summed E-state index contributed by atoms with van der Waals surface area (Å²) in [5.41, 5.74) is 3.22. The van der Waals surface area contributed by atoms with Crippen LogP contribution in [0.4, 0.5) is 11.6 Å². The van der Waals surface area contributed by atoms with Crippen molar-refractivity contribution in [3.05, 3.63) is 60.4 Å². The number of carbonyl (C=O) groups is 1. The van der Waals surface area contributed by atoms with Crippen molar-refractivity contribution in [3.63, 3.8) is 0 Å². The highest BCUT2D eigenvalue weighted by molar-refractivity contribution is 6.71. The van der Waals surface area contributed by atoms with Gasteiger partial charge in [-0.2, -0.15) is 0 Å². The van der Waals surface area contributed by atoms with E-state index in [0.29, 0.717) is 11.4 Å². The molecule has 1 aliphatic heterocycles. The van der Waals surface area contributed by atoms with Gasteiger partial charge in [0.25, 0.3) is 5.91 Å². The lowest BCUT2D eigenvalue weighted by Crippen LogP contribution is -2.81. The van der Waals surface area contributed by atoms with Crippen LogP contribution in [0.15, 0.2) is 49.1 Å². The predicted octanol–water partition coefficient (Wildman–Crippen LogP) is -6.21. The number of pyridine rings is 3. The molecule has 1 N–H and O–H groups in total. The Morgan fingerprint density at radius 1 is 0.786 bits per heavy atom. The van der Waals surface area contributed by atoms with Crippen molar-refractivity contribution < 1.29 is 4.79 Å². The van der Waals surface area contributed by atoms with Gasteiger partial charge in [-0.3, -0.25) is 9.78 Å². The zero-order valence-corrected chi connectivity index (χ0v) is 27.2. The number of piperidine rings is 1. The number of fused-ring (bicyclic) bond motifs is 1. The average Bonchev–Trinajstić information content (AvgIpc) is 3.25. The molecule has 0 atom stereocenters. The van der Waals surface area contributed by atoms with E-state index in [2.05, 4.69) is 104 Å². The SMILES string of the molecule is BC1(B)N(c2cc(C(=O)Nc3cc4cc(-c5cnc(C)n5C)cnc4cn3)ccn2)C(B)(B)C(B)(B)C(B)(B)C1(B)B. The van der Waals surface area contributed by atoms with Crippen LogP contribution in [0.2, 0.25) is 15.6 Å². The number of amides is 1. The Morgan fingerprint density at radius 2 is 1.43 bits per heavy atom. The minimum Gasteiger partial charge on any atom is -0.379 e. The molecule has 8 nitrogen and oxygen atoms in total. The molecule has 1 fully saturated rings. The first-order valence-electron chi connectivity index (χ1n) is 14.7. The third-order valence-corrected chi connectivity index (χ3v) is 11.9. The third-order valence-electron chi connectivity index (χ3n) is 11.9. The summed E-state index contributed by atoms with van der Waals surface area (Å²) in [6.45, 7) is 1.97. The molecule has 4 aromatic heterocycles. The number of nitrogens with one attached hydrogen (secondary N) is 1. The Kier molecular flexibility index (Phi) is 6.98. The summed E-state index contributed by atoms with van der Waals surface area (Å²) in [4.78, 5) is 34.3. The molecule has 5 heterocycles. The summed E-state index contributed by atoms with van der Waals surface area (Å²) in [6, 6.07) is 7.58. The highest BCUT2D eigenvalue weighted by Crippen LogP contribution is 2.69. The van der Waals surface area contributed by atoms with E-state index in [0.717, 1.165) is 33.8 Å². The predicted molar refractivity (Wildman–Crippen MR) is 200 cm³/mol. The largest absolute Gasteiger partial charge is 0.379 e. The molecule has 0 spiro atoms. The van der Waals surface area contributed by atoms with Gasteiger partial charge >= 0.3 is 0 Å². The molecule has 18 heteroatoms. The minimum absolute atomic E-state index is 0.0184. The van der Waals surface area contributed by atoms with Gasteiger partial charge in [-0.05, 0) is 41.9 Å². The summed E-state index contributed by atoms with van der Waals surface area (Å²) in [5.74, 6) is 1.95. The van der Waals surface area contributed by atoms with Crippen molar-refractivity contribution in [2.75, 3.05) is 10.2 Å². The van der Waals surface area contributed by atoms with E-state index in [9.17, 15) is 4.79 Å². The number of imidazole rings is 1. The van der Waals surface area contributed by atoms with E-state index in [1.54, 1.807) is 18.5 Å². The maximum Gasteiger partial charge on any atom is 0.257 e. The molecule has 1 aliphatic rings. The lowest BCUT2D eigenvalue weighted by atomic mass is 9.05. The summed E-state index contributed by atoms with van der Waals surface area (Å²) in [5, 5.41) is 3.24. The number of carbonyl (C=O) groups excluding carboxylic acids is 1. The van der Waals surface area contributed by atoms with Crippen LogP contribution in [-0.4, -0.2) is 120 Å². The number of rotatable bonds is 4. The highest BCUT2D eigenvalue weighted by atomic mass is 16.1. The fraction of sp³-hybridized carbons (Fsp3) is 0.292. The van der Waals surface area contributed by atoms with Crippen LogP contribution in [0.3, 0.4) is 0 Å². The first kappa shape index (κ1) is 30.3. The lowest BCUT2D eigenvalue weighted by Gasteiger charge is -2.77. The Bertz CT molecular complexity index is 1690. The Balaban J connectivity index is 1.48. The van der Waals surface area contributed by atoms with E-state index in [4.69, 9.17) is 4.98 Å². The highest BCUT2D eigenvalue weighted by Gasteiger charge is 2.66. The number of aryl methyl sites for hydroxylation is 1. The molecule has 0 aromatic carbocycles. The number of hydrogen-bond donors (Lipinski definition) is 1. The second-order valence-electron chi connectivity index (χ2n) is 14.4. The van der Waals surface area contributed by atoms with Gasteiger partial charge in [0.1, 0.15) is 48.8 Å². The second kappa shape index (κ2) is 9.68. The van der Waals surface area contributed by atoms with Crippen LogP contribution in [-0.2, 0) is 7.05 Å². The molecule has 1 amide bonds. The van der Waals surface area contributed by atoms with Gasteiger partial charge in [0.15, 0.2) is 0 Å². The third kappa shape index (κ3) is 4.22. The summed E-state index contributed by atoms with van der Waals surface area (Å²) < 4.78 is 2.03. The van der Waals surface area contributed by atoms with E-state index >= 15 is 0 Å². The first-order valence-corrected chi connectivity index (χ1v) is 14.7. The second-order valence-corrected chi connectivity index (χ2v) is 14.4. The van der Waals surface area contributed by atoms with E-state index < -0.39 is 0 Å².